The Balaban J connectivity index is 2.66. The van der Waals surface area contributed by atoms with Crippen LogP contribution in [0.25, 0.3) is 10.8 Å². The molecular weight excluding hydrogens is 291 g/mol. The zero-order valence-corrected chi connectivity index (χ0v) is 13.2. The second-order valence-corrected chi connectivity index (χ2v) is 6.39. The van der Waals surface area contributed by atoms with Crippen LogP contribution in [0.5, 0.6) is 11.5 Å². The molecule has 0 unspecified atom stereocenters. The van der Waals surface area contributed by atoms with Crippen molar-refractivity contribution in [1.82, 2.24) is 0 Å². The van der Waals surface area contributed by atoms with Crippen LogP contribution in [0.4, 0.5) is 0 Å². The van der Waals surface area contributed by atoms with Gasteiger partial charge in [-0.25, -0.2) is 4.57 Å². The van der Waals surface area contributed by atoms with E-state index in [1.54, 1.807) is 18.2 Å². The second kappa shape index (κ2) is 6.48. The van der Waals surface area contributed by atoms with Crippen LogP contribution >= 0.6 is 7.82 Å². The fourth-order valence-electron chi connectivity index (χ4n) is 2.21. The van der Waals surface area contributed by atoms with Gasteiger partial charge in [0.25, 0.3) is 0 Å². The quantitative estimate of drug-likeness (QED) is 0.807. The van der Waals surface area contributed by atoms with E-state index in [-0.39, 0.29) is 5.75 Å². The van der Waals surface area contributed by atoms with Gasteiger partial charge < -0.3 is 9.63 Å². The maximum absolute atomic E-state index is 12.3. The molecule has 0 spiro atoms. The van der Waals surface area contributed by atoms with Crippen LogP contribution in [-0.4, -0.2) is 19.3 Å². The van der Waals surface area contributed by atoms with E-state index in [4.69, 9.17) is 13.6 Å². The molecule has 0 fully saturated rings. The van der Waals surface area contributed by atoms with E-state index >= 15 is 0 Å². The Kier molecular flexibility index (Phi) is 4.88. The molecule has 0 saturated heterocycles. The first kappa shape index (κ1) is 15.8. The molecule has 5 nitrogen and oxygen atoms in total. The smallest absolute Gasteiger partial charge is 0.507 e. The lowest BCUT2D eigenvalue weighted by atomic mass is 10.0. The Morgan fingerprint density at radius 2 is 1.76 bits per heavy atom. The summed E-state index contributed by atoms with van der Waals surface area (Å²) in [6, 6.07) is 8.86. The lowest BCUT2D eigenvalue weighted by Crippen LogP contribution is -2.01. The number of benzene rings is 2. The summed E-state index contributed by atoms with van der Waals surface area (Å²) in [6.45, 7) is 2.02. The number of hydrogen-bond acceptors (Lipinski definition) is 5. The van der Waals surface area contributed by atoms with Gasteiger partial charge in [0.15, 0.2) is 0 Å². The first-order valence-corrected chi connectivity index (χ1v) is 8.15. The number of phosphoric acid groups is 1. The number of phenolic OH excluding ortho intramolecular Hbond substituents is 1. The van der Waals surface area contributed by atoms with Gasteiger partial charge in [0.05, 0.1) is 0 Å². The van der Waals surface area contributed by atoms with Gasteiger partial charge in [0.1, 0.15) is 11.5 Å². The molecule has 0 saturated carbocycles. The van der Waals surface area contributed by atoms with E-state index in [0.717, 1.165) is 12.0 Å². The first-order chi connectivity index (χ1) is 10.0. The van der Waals surface area contributed by atoms with Crippen molar-refractivity contribution in [3.05, 3.63) is 35.9 Å². The highest BCUT2D eigenvalue weighted by molar-refractivity contribution is 7.48. The molecular formula is C15H19O5P. The van der Waals surface area contributed by atoms with Crippen LogP contribution in [0, 0.1) is 0 Å². The minimum Gasteiger partial charge on any atom is -0.507 e. The second-order valence-electron chi connectivity index (χ2n) is 4.58. The first-order valence-electron chi connectivity index (χ1n) is 6.69. The molecule has 2 aromatic carbocycles. The molecule has 0 aliphatic rings. The van der Waals surface area contributed by atoms with Crippen LogP contribution < -0.4 is 4.52 Å². The van der Waals surface area contributed by atoms with Crippen molar-refractivity contribution in [1.29, 1.82) is 0 Å². The van der Waals surface area contributed by atoms with E-state index in [2.05, 4.69) is 0 Å². The fraction of sp³-hybridized carbons (Fsp3) is 0.333. The molecule has 1 N–H and O–H groups in total. The van der Waals surface area contributed by atoms with E-state index in [9.17, 15) is 9.67 Å². The molecule has 0 amide bonds. The predicted octanol–water partition coefficient (Wildman–Crippen LogP) is 4.28. The highest BCUT2D eigenvalue weighted by Gasteiger charge is 2.27. The topological polar surface area (TPSA) is 65.0 Å². The van der Waals surface area contributed by atoms with Crippen molar-refractivity contribution in [2.45, 2.75) is 19.8 Å². The number of fused-ring (bicyclic) bond motifs is 1. The zero-order chi connectivity index (χ0) is 15.5. The Bertz CT molecular complexity index is 675. The monoisotopic (exact) mass is 310 g/mol. The van der Waals surface area contributed by atoms with Gasteiger partial charge in [0, 0.05) is 25.0 Å². The zero-order valence-electron chi connectivity index (χ0n) is 12.3. The van der Waals surface area contributed by atoms with Gasteiger partial charge in [-0.3, -0.25) is 9.05 Å². The molecule has 114 valence electrons. The average molecular weight is 310 g/mol. The number of phosphoric ester groups is 1. The predicted molar refractivity (Wildman–Crippen MR) is 81.9 cm³/mol. The lowest BCUT2D eigenvalue weighted by molar-refractivity contribution is 0.211. The number of aromatic hydroxyl groups is 1. The minimum atomic E-state index is -3.65. The van der Waals surface area contributed by atoms with Gasteiger partial charge >= 0.3 is 7.82 Å². The van der Waals surface area contributed by atoms with Crippen molar-refractivity contribution >= 4 is 18.6 Å². The summed E-state index contributed by atoms with van der Waals surface area (Å²) in [6.07, 6.45) is 1.54. The molecule has 0 bridgehead atoms. The van der Waals surface area contributed by atoms with Crippen molar-refractivity contribution < 1.29 is 23.2 Å². The van der Waals surface area contributed by atoms with Gasteiger partial charge in [-0.05, 0) is 18.1 Å². The molecule has 0 aliphatic heterocycles. The molecule has 2 aromatic rings. The Labute approximate surface area is 124 Å². The molecule has 0 aromatic heterocycles. The van der Waals surface area contributed by atoms with Crippen molar-refractivity contribution in [2.75, 3.05) is 14.2 Å². The summed E-state index contributed by atoms with van der Waals surface area (Å²) in [5.41, 5.74) is 0.767. The van der Waals surface area contributed by atoms with Gasteiger partial charge in [-0.15, -0.1) is 0 Å². The number of phenols is 1. The maximum atomic E-state index is 12.3. The SMILES string of the molecule is CCCc1cc(O)c2ccccc2c1OP(=O)(OC)OC. The number of rotatable bonds is 6. The molecule has 21 heavy (non-hydrogen) atoms. The van der Waals surface area contributed by atoms with Crippen LogP contribution in [0.2, 0.25) is 0 Å². The number of aryl methyl sites for hydroxylation is 1. The standard InChI is InChI=1S/C15H19O5P/c1-4-7-11-10-14(16)12-8-5-6-9-13(12)15(11)20-21(17,18-2)19-3/h5-6,8-10,16H,4,7H2,1-3H3. The fourth-order valence-corrected chi connectivity index (χ4v) is 2.95. The Morgan fingerprint density at radius 3 is 2.33 bits per heavy atom. The molecule has 2 rings (SSSR count). The van der Waals surface area contributed by atoms with Crippen molar-refractivity contribution in [3.8, 4) is 11.5 Å². The van der Waals surface area contributed by atoms with E-state index in [1.807, 2.05) is 19.1 Å². The molecule has 0 heterocycles. The molecule has 0 atom stereocenters. The van der Waals surface area contributed by atoms with Crippen LogP contribution in [0.15, 0.2) is 30.3 Å². The van der Waals surface area contributed by atoms with E-state index in [0.29, 0.717) is 22.9 Å². The Morgan fingerprint density at radius 1 is 1.14 bits per heavy atom. The normalized spacial score (nSPS) is 11.8. The maximum Gasteiger partial charge on any atom is 0.529 e. The van der Waals surface area contributed by atoms with Crippen LogP contribution in [0.1, 0.15) is 18.9 Å². The summed E-state index contributed by atoms with van der Waals surface area (Å²) in [7, 11) is -1.11. The average Bonchev–Trinajstić information content (AvgIpc) is 2.51. The van der Waals surface area contributed by atoms with Gasteiger partial charge in [-0.2, -0.15) is 0 Å². The van der Waals surface area contributed by atoms with E-state index in [1.165, 1.54) is 14.2 Å². The summed E-state index contributed by atoms with van der Waals surface area (Å²) in [5, 5.41) is 11.4. The molecule has 0 radical (unpaired) electrons. The number of hydrogen-bond donors (Lipinski definition) is 1. The highest BCUT2D eigenvalue weighted by Crippen LogP contribution is 2.51. The van der Waals surface area contributed by atoms with Gasteiger partial charge in [-0.1, -0.05) is 37.6 Å². The summed E-state index contributed by atoms with van der Waals surface area (Å²) >= 11 is 0. The van der Waals surface area contributed by atoms with Gasteiger partial charge in [0.2, 0.25) is 0 Å². The summed E-state index contributed by atoms with van der Waals surface area (Å²) in [5.74, 6) is 0.600. The van der Waals surface area contributed by atoms with Crippen LogP contribution in [0.3, 0.4) is 0 Å². The Hall–Kier alpha value is -1.55. The molecule has 6 heteroatoms. The largest absolute Gasteiger partial charge is 0.529 e. The summed E-state index contributed by atoms with van der Waals surface area (Å²) in [4.78, 5) is 0. The van der Waals surface area contributed by atoms with E-state index < -0.39 is 7.82 Å². The highest BCUT2D eigenvalue weighted by atomic mass is 31.2. The third kappa shape index (κ3) is 3.21. The van der Waals surface area contributed by atoms with Crippen molar-refractivity contribution in [3.63, 3.8) is 0 Å². The third-order valence-corrected chi connectivity index (χ3v) is 4.52. The van der Waals surface area contributed by atoms with Crippen molar-refractivity contribution in [2.24, 2.45) is 0 Å². The minimum absolute atomic E-state index is 0.172. The lowest BCUT2D eigenvalue weighted by Gasteiger charge is -2.19. The third-order valence-electron chi connectivity index (χ3n) is 3.22. The summed E-state index contributed by atoms with van der Waals surface area (Å²) < 4.78 is 27.5. The molecule has 0 aliphatic carbocycles. The van der Waals surface area contributed by atoms with Crippen LogP contribution in [-0.2, 0) is 20.0 Å².